The van der Waals surface area contributed by atoms with E-state index < -0.39 is 17.4 Å². The van der Waals surface area contributed by atoms with Crippen molar-refractivity contribution in [2.45, 2.75) is 105 Å². The summed E-state index contributed by atoms with van der Waals surface area (Å²) in [5.74, 6) is 0.167. The van der Waals surface area contributed by atoms with Gasteiger partial charge in [0.25, 0.3) is 0 Å². The number of carboxylic acid groups (broad SMARTS) is 1. The normalized spacial score (nSPS) is 43.7. The van der Waals surface area contributed by atoms with E-state index in [1.807, 2.05) is 0 Å². The fourth-order valence-electron chi connectivity index (χ4n) is 12.0. The molecule has 5 aliphatic carbocycles. The van der Waals surface area contributed by atoms with Crippen molar-refractivity contribution in [2.24, 2.45) is 56.7 Å². The van der Waals surface area contributed by atoms with Gasteiger partial charge in [-0.2, -0.15) is 0 Å². The maximum Gasteiger partial charge on any atom is 0.330 e. The zero-order valence-corrected chi connectivity index (χ0v) is 28.1. The third-order valence-corrected chi connectivity index (χ3v) is 14.9. The molecule has 5 aliphatic rings. The highest BCUT2D eigenvalue weighted by molar-refractivity contribution is 5.87. The summed E-state index contributed by atoms with van der Waals surface area (Å²) < 4.78 is 5.78. The zero-order chi connectivity index (χ0) is 32.6. The Morgan fingerprint density at radius 2 is 1.64 bits per heavy atom. The first-order valence-corrected chi connectivity index (χ1v) is 17.4. The molecule has 1 aromatic carbocycles. The number of allylic oxidation sites excluding steroid dienone is 2. The highest BCUT2D eigenvalue weighted by atomic mass is 16.5. The van der Waals surface area contributed by atoms with Crippen molar-refractivity contribution < 1.29 is 29.6 Å². The molecule has 6 unspecified atom stereocenters. The second kappa shape index (κ2) is 11.0. The molecular formula is C39H54O6. The summed E-state index contributed by atoms with van der Waals surface area (Å²) in [6, 6.07) is 6.64. The minimum atomic E-state index is -0.773. The summed E-state index contributed by atoms with van der Waals surface area (Å²) in [7, 11) is 0. The summed E-state index contributed by atoms with van der Waals surface area (Å²) in [5.41, 5.74) is 1.40. The number of fused-ring (bicyclic) bond motifs is 7. The number of hydrogen-bond donors (Lipinski definition) is 3. The number of rotatable bonds is 5. The fourth-order valence-corrected chi connectivity index (χ4v) is 12.0. The zero-order valence-electron chi connectivity index (χ0n) is 28.1. The minimum absolute atomic E-state index is 0.0590. The predicted molar refractivity (Wildman–Crippen MR) is 175 cm³/mol. The van der Waals surface area contributed by atoms with Crippen molar-refractivity contribution >= 4 is 18.0 Å². The van der Waals surface area contributed by atoms with E-state index in [9.17, 15) is 24.9 Å². The molecule has 6 nitrogen and oxygen atoms in total. The molecule has 0 aliphatic heterocycles. The molecule has 6 rings (SSSR count). The van der Waals surface area contributed by atoms with Crippen molar-refractivity contribution in [2.75, 3.05) is 6.61 Å². The highest BCUT2D eigenvalue weighted by Crippen LogP contribution is 2.75. The van der Waals surface area contributed by atoms with E-state index in [0.29, 0.717) is 24.7 Å². The van der Waals surface area contributed by atoms with Gasteiger partial charge in [-0.05, 0) is 133 Å². The van der Waals surface area contributed by atoms with Gasteiger partial charge in [0.1, 0.15) is 5.75 Å². The summed E-state index contributed by atoms with van der Waals surface area (Å²) >= 11 is 0. The largest absolute Gasteiger partial charge is 0.508 e. The van der Waals surface area contributed by atoms with Crippen LogP contribution in [-0.2, 0) is 14.3 Å². The van der Waals surface area contributed by atoms with Crippen LogP contribution in [0.1, 0.15) is 105 Å². The number of carboxylic acids is 1. The molecule has 0 radical (unpaired) electrons. The van der Waals surface area contributed by atoms with Crippen LogP contribution in [0.5, 0.6) is 5.75 Å². The number of aliphatic hydroxyl groups is 1. The van der Waals surface area contributed by atoms with E-state index >= 15 is 0 Å². The average Bonchev–Trinajstić information content (AvgIpc) is 2.98. The van der Waals surface area contributed by atoms with Gasteiger partial charge in [-0.1, -0.05) is 65.3 Å². The molecule has 4 saturated carbocycles. The number of aliphatic hydroxyl groups excluding tert-OH is 1. The number of hydrogen-bond acceptors (Lipinski definition) is 5. The van der Waals surface area contributed by atoms with Gasteiger partial charge in [0.2, 0.25) is 0 Å². The Morgan fingerprint density at radius 1 is 0.933 bits per heavy atom. The lowest BCUT2D eigenvalue weighted by atomic mass is 9.33. The van der Waals surface area contributed by atoms with Crippen LogP contribution in [0, 0.1) is 56.7 Å². The van der Waals surface area contributed by atoms with Gasteiger partial charge in [0, 0.05) is 6.08 Å². The SMILES string of the molecule is CC1C(COC(=O)C=Cc2ccc(O)cc2)CC[C@]2(C(=O)O)CC[C@]3(C)C(=CCC4[C@@]5(C)CCC(O)C(C)(C)C5CC[C@]43C)C12. The minimum Gasteiger partial charge on any atom is -0.508 e. The van der Waals surface area contributed by atoms with Gasteiger partial charge in [-0.25, -0.2) is 4.79 Å². The first kappa shape index (κ1) is 32.3. The molecule has 0 bridgehead atoms. The third-order valence-electron chi connectivity index (χ3n) is 14.9. The van der Waals surface area contributed by atoms with Crippen molar-refractivity contribution in [3.8, 4) is 5.75 Å². The van der Waals surface area contributed by atoms with E-state index in [4.69, 9.17) is 4.74 Å². The lowest BCUT2D eigenvalue weighted by Gasteiger charge is -2.71. The van der Waals surface area contributed by atoms with Crippen molar-refractivity contribution in [3.05, 3.63) is 47.6 Å². The van der Waals surface area contributed by atoms with Gasteiger partial charge in [-0.3, -0.25) is 4.79 Å². The molecule has 4 fully saturated rings. The molecule has 45 heavy (non-hydrogen) atoms. The van der Waals surface area contributed by atoms with Crippen LogP contribution in [0.3, 0.4) is 0 Å². The van der Waals surface area contributed by atoms with Crippen molar-refractivity contribution in [1.82, 2.24) is 0 Å². The summed E-state index contributed by atoms with van der Waals surface area (Å²) in [4.78, 5) is 25.9. The number of esters is 1. The van der Waals surface area contributed by atoms with Crippen LogP contribution in [-0.4, -0.2) is 40.0 Å². The predicted octanol–water partition coefficient (Wildman–Crippen LogP) is 8.03. The number of benzene rings is 1. The summed E-state index contributed by atoms with van der Waals surface area (Å²) in [6.07, 6.45) is 13.4. The Bertz CT molecular complexity index is 1390. The van der Waals surface area contributed by atoms with Gasteiger partial charge >= 0.3 is 11.9 Å². The van der Waals surface area contributed by atoms with E-state index in [0.717, 1.165) is 50.5 Å². The second-order valence-electron chi connectivity index (χ2n) is 16.8. The monoisotopic (exact) mass is 618 g/mol. The maximum atomic E-state index is 13.2. The van der Waals surface area contributed by atoms with E-state index in [2.05, 4.69) is 47.6 Å². The van der Waals surface area contributed by atoms with E-state index in [1.165, 1.54) is 11.6 Å². The van der Waals surface area contributed by atoms with Crippen LogP contribution < -0.4 is 0 Å². The molecule has 0 saturated heterocycles. The van der Waals surface area contributed by atoms with Crippen LogP contribution in [0.4, 0.5) is 0 Å². The fraction of sp³-hybridized carbons (Fsp3) is 0.692. The summed E-state index contributed by atoms with van der Waals surface area (Å²) in [5, 5.41) is 31.3. The summed E-state index contributed by atoms with van der Waals surface area (Å²) in [6.45, 7) is 14.5. The molecule has 0 spiro atoms. The Kier molecular flexibility index (Phi) is 7.90. The van der Waals surface area contributed by atoms with Crippen molar-refractivity contribution in [3.63, 3.8) is 0 Å². The van der Waals surface area contributed by atoms with Gasteiger partial charge in [-0.15, -0.1) is 0 Å². The number of phenolic OH excluding ortho intramolecular Hbond substituents is 1. The Labute approximate surface area is 269 Å². The molecule has 3 N–H and O–H groups in total. The van der Waals surface area contributed by atoms with E-state index in [1.54, 1.807) is 30.3 Å². The lowest BCUT2D eigenvalue weighted by molar-refractivity contribution is -0.207. The number of ether oxygens (including phenoxy) is 1. The average molecular weight is 619 g/mol. The first-order valence-electron chi connectivity index (χ1n) is 17.4. The molecule has 0 amide bonds. The standard InChI is InChI=1S/C39H54O6/c1-24-26(23-45-32(42)14-9-25-7-10-27(40)11-8-25)15-20-39(34(43)44)22-21-37(5)28(33(24)39)12-13-30-36(4)18-17-31(41)35(2,3)29(36)16-19-38(30,37)6/h7-12,14,24,26,29-31,33,40-41H,13,15-23H2,1-6H3,(H,43,44)/t24?,26?,29?,30?,31?,33?,36-,37+,38+,39-/m0/s1. The molecule has 246 valence electrons. The number of phenols is 1. The molecule has 1 aromatic rings. The van der Waals surface area contributed by atoms with E-state index in [-0.39, 0.29) is 57.9 Å². The number of carbonyl (C=O) groups is 2. The number of aliphatic carboxylic acids is 1. The van der Waals surface area contributed by atoms with Crippen molar-refractivity contribution in [1.29, 1.82) is 0 Å². The van der Waals surface area contributed by atoms with Gasteiger partial charge in [0.05, 0.1) is 18.1 Å². The first-order chi connectivity index (χ1) is 21.1. The van der Waals surface area contributed by atoms with Gasteiger partial charge < -0.3 is 20.1 Å². The molecule has 10 atom stereocenters. The van der Waals surface area contributed by atoms with Crippen LogP contribution in [0.25, 0.3) is 6.08 Å². The Balaban J connectivity index is 1.27. The Morgan fingerprint density at radius 3 is 2.33 bits per heavy atom. The molecular weight excluding hydrogens is 564 g/mol. The highest BCUT2D eigenvalue weighted by Gasteiger charge is 2.69. The topological polar surface area (TPSA) is 104 Å². The van der Waals surface area contributed by atoms with Crippen LogP contribution >= 0.6 is 0 Å². The van der Waals surface area contributed by atoms with Gasteiger partial charge in [0.15, 0.2) is 0 Å². The smallest absolute Gasteiger partial charge is 0.330 e. The third kappa shape index (κ3) is 4.74. The molecule has 0 aromatic heterocycles. The quantitative estimate of drug-likeness (QED) is 0.175. The Hall–Kier alpha value is -2.60. The lowest BCUT2D eigenvalue weighted by Crippen LogP contribution is -2.65. The molecule has 0 heterocycles. The molecule has 6 heteroatoms. The number of carbonyl (C=O) groups excluding carboxylic acids is 1. The second-order valence-corrected chi connectivity index (χ2v) is 16.8. The maximum absolute atomic E-state index is 13.2. The van der Waals surface area contributed by atoms with Crippen LogP contribution in [0.2, 0.25) is 0 Å². The number of aromatic hydroxyl groups is 1. The van der Waals surface area contributed by atoms with Crippen LogP contribution in [0.15, 0.2) is 42.0 Å².